The zero-order valence-electron chi connectivity index (χ0n) is 26.1. The number of benzene rings is 2. The number of amides is 1. The van der Waals surface area contributed by atoms with E-state index in [1.54, 1.807) is 0 Å². The van der Waals surface area contributed by atoms with Gasteiger partial charge in [0.2, 0.25) is 0 Å². The number of rotatable bonds is 9. The second-order valence-electron chi connectivity index (χ2n) is 13.4. The summed E-state index contributed by atoms with van der Waals surface area (Å²) in [5.41, 5.74) is -0.213. The molecule has 8 nitrogen and oxygen atoms in total. The molecule has 0 aromatic heterocycles. The highest BCUT2D eigenvalue weighted by Crippen LogP contribution is 2.45. The molecular formula is C35H42FNO7. The minimum Gasteiger partial charge on any atom is -0.496 e. The summed E-state index contributed by atoms with van der Waals surface area (Å²) in [6, 6.07) is 11.5. The van der Waals surface area contributed by atoms with Crippen LogP contribution in [0.2, 0.25) is 0 Å². The molecule has 4 atom stereocenters. The molecule has 1 unspecified atom stereocenters. The summed E-state index contributed by atoms with van der Waals surface area (Å²) in [4.78, 5) is 39.6. The summed E-state index contributed by atoms with van der Waals surface area (Å²) in [5.74, 6) is -2.30. The van der Waals surface area contributed by atoms with Gasteiger partial charge in [0.1, 0.15) is 18.0 Å². The van der Waals surface area contributed by atoms with Gasteiger partial charge >= 0.3 is 11.9 Å². The highest BCUT2D eigenvalue weighted by molar-refractivity contribution is 5.98. The van der Waals surface area contributed by atoms with Crippen LogP contribution in [0.1, 0.15) is 75.7 Å². The first-order valence-electron chi connectivity index (χ1n) is 15.3. The van der Waals surface area contributed by atoms with Crippen molar-refractivity contribution >= 4 is 17.8 Å². The lowest BCUT2D eigenvalue weighted by Crippen LogP contribution is -2.46. The third-order valence-corrected chi connectivity index (χ3v) is 8.97. The van der Waals surface area contributed by atoms with Crippen LogP contribution in [-0.4, -0.2) is 42.7 Å². The van der Waals surface area contributed by atoms with Gasteiger partial charge in [0, 0.05) is 12.1 Å². The number of nitrogens with one attached hydrogen (secondary N) is 1. The number of carbonyl (C=O) groups is 3. The van der Waals surface area contributed by atoms with Gasteiger partial charge in [0.15, 0.2) is 11.6 Å². The van der Waals surface area contributed by atoms with Gasteiger partial charge in [-0.05, 0) is 83.3 Å². The fourth-order valence-electron chi connectivity index (χ4n) is 6.50. The van der Waals surface area contributed by atoms with Crippen molar-refractivity contribution in [2.45, 2.75) is 84.2 Å². The van der Waals surface area contributed by atoms with Crippen molar-refractivity contribution in [1.29, 1.82) is 0 Å². The van der Waals surface area contributed by atoms with Gasteiger partial charge in [0.05, 0.1) is 30.1 Å². The van der Waals surface area contributed by atoms with E-state index in [9.17, 15) is 14.4 Å². The number of carbonyl (C=O) groups excluding carboxylic acids is 3. The Balaban J connectivity index is 1.26. The lowest BCUT2D eigenvalue weighted by Gasteiger charge is -2.37. The lowest BCUT2D eigenvalue weighted by atomic mass is 9.74. The van der Waals surface area contributed by atoms with Crippen molar-refractivity contribution in [3.8, 4) is 11.5 Å². The minimum atomic E-state index is -0.649. The summed E-state index contributed by atoms with van der Waals surface area (Å²) in [7, 11) is 1.37. The van der Waals surface area contributed by atoms with Crippen LogP contribution in [0.25, 0.3) is 0 Å². The van der Waals surface area contributed by atoms with E-state index in [2.05, 4.69) is 5.32 Å². The molecule has 9 heteroatoms. The standard InChI is InChI=1S/C35H42FNO7/c1-34(2,3)44-33(40)35(4)15-13-24(14-16-35)43-28-18-25(27(41-5)19-26(28)36)31(38)37-30-23-12-11-22(17-23)29(30)32(39)42-20-21-9-7-6-8-10-21/h6-12,18-19,22-24,29-30H,13-17,20H2,1-5H3,(H,37,38)/t22-,23+,24?,29?,30-,35?/m0/s1. The Morgan fingerprint density at radius 2 is 1.68 bits per heavy atom. The highest BCUT2D eigenvalue weighted by Gasteiger charge is 2.50. The number of halogens is 1. The van der Waals surface area contributed by atoms with Crippen LogP contribution in [0, 0.1) is 29.0 Å². The molecule has 1 N–H and O–H groups in total. The molecule has 2 aromatic carbocycles. The molecule has 0 saturated heterocycles. The van der Waals surface area contributed by atoms with E-state index in [1.807, 2.05) is 70.2 Å². The van der Waals surface area contributed by atoms with E-state index in [-0.39, 0.29) is 53.5 Å². The van der Waals surface area contributed by atoms with E-state index in [0.29, 0.717) is 25.7 Å². The van der Waals surface area contributed by atoms with E-state index in [0.717, 1.165) is 18.1 Å². The number of methoxy groups -OCH3 is 1. The summed E-state index contributed by atoms with van der Waals surface area (Å²) in [6.07, 6.45) is 6.61. The van der Waals surface area contributed by atoms with Crippen molar-refractivity contribution in [3.63, 3.8) is 0 Å². The number of hydrogen-bond donors (Lipinski definition) is 1. The lowest BCUT2D eigenvalue weighted by molar-refractivity contribution is -0.169. The van der Waals surface area contributed by atoms with Crippen molar-refractivity contribution < 1.29 is 37.7 Å². The van der Waals surface area contributed by atoms with Gasteiger partial charge in [-0.25, -0.2) is 4.39 Å². The van der Waals surface area contributed by atoms with Gasteiger partial charge in [-0.2, -0.15) is 0 Å². The van der Waals surface area contributed by atoms with Crippen molar-refractivity contribution in [3.05, 3.63) is 71.6 Å². The molecule has 3 aliphatic carbocycles. The van der Waals surface area contributed by atoms with Gasteiger partial charge in [-0.1, -0.05) is 42.5 Å². The monoisotopic (exact) mass is 607 g/mol. The summed E-state index contributed by atoms with van der Waals surface area (Å²) >= 11 is 0. The van der Waals surface area contributed by atoms with E-state index >= 15 is 4.39 Å². The largest absolute Gasteiger partial charge is 0.496 e. The van der Waals surface area contributed by atoms with Crippen molar-refractivity contribution in [1.82, 2.24) is 5.32 Å². The van der Waals surface area contributed by atoms with E-state index < -0.39 is 34.7 Å². The molecule has 0 spiro atoms. The van der Waals surface area contributed by atoms with Crippen LogP contribution in [-0.2, 0) is 25.7 Å². The first kappa shape index (κ1) is 31.5. The van der Waals surface area contributed by atoms with Gasteiger partial charge in [0.25, 0.3) is 5.91 Å². The summed E-state index contributed by atoms with van der Waals surface area (Å²) in [5, 5.41) is 3.02. The number of ether oxygens (including phenoxy) is 4. The van der Waals surface area contributed by atoms with Gasteiger partial charge in [-0.15, -0.1) is 0 Å². The Kier molecular flexibility index (Phi) is 9.05. The maximum absolute atomic E-state index is 15.1. The second-order valence-corrected chi connectivity index (χ2v) is 13.4. The normalized spacial score (nSPS) is 27.5. The molecule has 236 valence electrons. The maximum atomic E-state index is 15.1. The van der Waals surface area contributed by atoms with Crippen LogP contribution in [0.15, 0.2) is 54.6 Å². The Morgan fingerprint density at radius 1 is 1.00 bits per heavy atom. The van der Waals surface area contributed by atoms with Crippen LogP contribution in [0.4, 0.5) is 4.39 Å². The Labute approximate surface area is 258 Å². The average Bonchev–Trinajstić information content (AvgIpc) is 3.59. The maximum Gasteiger partial charge on any atom is 0.312 e. The third-order valence-electron chi connectivity index (χ3n) is 8.97. The predicted molar refractivity (Wildman–Crippen MR) is 162 cm³/mol. The molecule has 2 saturated carbocycles. The van der Waals surface area contributed by atoms with Crippen LogP contribution in [0.3, 0.4) is 0 Å². The van der Waals surface area contributed by atoms with Crippen LogP contribution >= 0.6 is 0 Å². The third kappa shape index (κ3) is 6.92. The Hall–Kier alpha value is -3.88. The second kappa shape index (κ2) is 12.6. The Morgan fingerprint density at radius 3 is 2.34 bits per heavy atom. The average molecular weight is 608 g/mol. The predicted octanol–water partition coefficient (Wildman–Crippen LogP) is 6.17. The summed E-state index contributed by atoms with van der Waals surface area (Å²) in [6.45, 7) is 7.57. The molecule has 0 radical (unpaired) electrons. The van der Waals surface area contributed by atoms with Gasteiger partial charge in [-0.3, -0.25) is 14.4 Å². The van der Waals surface area contributed by atoms with E-state index in [1.165, 1.54) is 13.2 Å². The number of allylic oxidation sites excluding steroid dienone is 1. The zero-order valence-corrected chi connectivity index (χ0v) is 26.1. The molecular weight excluding hydrogens is 565 g/mol. The molecule has 3 aliphatic rings. The molecule has 2 fully saturated rings. The zero-order chi connectivity index (χ0) is 31.6. The molecule has 0 aliphatic heterocycles. The van der Waals surface area contributed by atoms with E-state index in [4.69, 9.17) is 18.9 Å². The molecule has 0 heterocycles. The smallest absolute Gasteiger partial charge is 0.312 e. The van der Waals surface area contributed by atoms with Crippen molar-refractivity contribution in [2.75, 3.05) is 7.11 Å². The minimum absolute atomic E-state index is 0.0121. The van der Waals surface area contributed by atoms with Crippen LogP contribution < -0.4 is 14.8 Å². The Bertz CT molecular complexity index is 1410. The number of fused-ring (bicyclic) bond motifs is 2. The van der Waals surface area contributed by atoms with Crippen molar-refractivity contribution in [2.24, 2.45) is 23.2 Å². The first-order valence-corrected chi connectivity index (χ1v) is 15.3. The van der Waals surface area contributed by atoms with Crippen LogP contribution in [0.5, 0.6) is 11.5 Å². The van der Waals surface area contributed by atoms with Gasteiger partial charge < -0.3 is 24.3 Å². The number of esters is 2. The molecule has 44 heavy (non-hydrogen) atoms. The topological polar surface area (TPSA) is 100 Å². The molecule has 2 aromatic rings. The fraction of sp³-hybridized carbons (Fsp3) is 0.514. The first-order chi connectivity index (χ1) is 20.9. The summed E-state index contributed by atoms with van der Waals surface area (Å²) < 4.78 is 37.8. The number of hydrogen-bond acceptors (Lipinski definition) is 7. The molecule has 1 amide bonds. The highest BCUT2D eigenvalue weighted by atomic mass is 19.1. The fourth-order valence-corrected chi connectivity index (χ4v) is 6.50. The quantitative estimate of drug-likeness (QED) is 0.269. The SMILES string of the molecule is COc1cc(F)c(OC2CCC(C)(C(=O)OC(C)(C)C)CC2)cc1C(=O)N[C@@H]1C(C(=O)OCc2ccccc2)[C@H]2C=C[C@@H]1C2. The molecule has 5 rings (SSSR count). The molecule has 2 bridgehead atoms.